The number of methoxy groups -OCH3 is 1. The maximum Gasteiger partial charge on any atom is 0.229 e. The highest BCUT2D eigenvalue weighted by atomic mass is 16.5. The molecule has 2 rings (SSSR count). The van der Waals surface area contributed by atoms with Gasteiger partial charge in [-0.1, -0.05) is 26.0 Å². The average molecular weight is 272 g/mol. The Morgan fingerprint density at radius 2 is 2.00 bits per heavy atom. The van der Waals surface area contributed by atoms with Crippen molar-refractivity contribution in [3.05, 3.63) is 36.5 Å². The van der Waals surface area contributed by atoms with Crippen molar-refractivity contribution in [1.29, 1.82) is 0 Å². The molecule has 0 saturated heterocycles. The van der Waals surface area contributed by atoms with E-state index < -0.39 is 0 Å². The first-order valence-electron chi connectivity index (χ1n) is 6.66. The number of benzene rings is 1. The first-order valence-corrected chi connectivity index (χ1v) is 6.66. The van der Waals surface area contributed by atoms with Crippen molar-refractivity contribution in [2.45, 2.75) is 13.8 Å². The molecule has 0 saturated carbocycles. The van der Waals surface area contributed by atoms with Crippen LogP contribution in [0.15, 0.2) is 36.5 Å². The minimum atomic E-state index is 0.545. The minimum absolute atomic E-state index is 0.545. The van der Waals surface area contributed by atoms with Gasteiger partial charge in [-0.3, -0.25) is 0 Å². The predicted octanol–water partition coefficient (Wildman–Crippen LogP) is 3.30. The summed E-state index contributed by atoms with van der Waals surface area (Å²) < 4.78 is 5.29. The van der Waals surface area contributed by atoms with E-state index >= 15 is 0 Å². The van der Waals surface area contributed by atoms with E-state index in [0.29, 0.717) is 11.9 Å². The normalized spacial score (nSPS) is 10.4. The highest BCUT2D eigenvalue weighted by Gasteiger charge is 2.04. The largest absolute Gasteiger partial charge is 0.495 e. The van der Waals surface area contributed by atoms with Crippen molar-refractivity contribution in [3.63, 3.8) is 0 Å². The van der Waals surface area contributed by atoms with Crippen LogP contribution in [0, 0.1) is 5.92 Å². The zero-order chi connectivity index (χ0) is 14.4. The summed E-state index contributed by atoms with van der Waals surface area (Å²) in [5.74, 6) is 2.68. The molecule has 1 aromatic heterocycles. The lowest BCUT2D eigenvalue weighted by molar-refractivity contribution is 0.417. The smallest absolute Gasteiger partial charge is 0.229 e. The van der Waals surface area contributed by atoms with Crippen molar-refractivity contribution >= 4 is 17.5 Å². The van der Waals surface area contributed by atoms with Gasteiger partial charge in [0.2, 0.25) is 5.95 Å². The number of nitrogens with one attached hydrogen (secondary N) is 2. The van der Waals surface area contributed by atoms with Crippen LogP contribution in [0.3, 0.4) is 0 Å². The second-order valence-corrected chi connectivity index (χ2v) is 4.87. The lowest BCUT2D eigenvalue weighted by Gasteiger charge is -2.11. The number of para-hydroxylation sites is 2. The maximum absolute atomic E-state index is 5.29. The Morgan fingerprint density at radius 3 is 2.75 bits per heavy atom. The van der Waals surface area contributed by atoms with Crippen molar-refractivity contribution in [3.8, 4) is 5.75 Å². The second kappa shape index (κ2) is 6.75. The molecular formula is C15H20N4O. The SMILES string of the molecule is COc1ccccc1Nc1nccc(NCC(C)C)n1. The lowest BCUT2D eigenvalue weighted by Crippen LogP contribution is -2.10. The summed E-state index contributed by atoms with van der Waals surface area (Å²) in [4.78, 5) is 8.65. The van der Waals surface area contributed by atoms with Gasteiger partial charge in [0.1, 0.15) is 11.6 Å². The number of ether oxygens (including phenoxy) is 1. The molecular weight excluding hydrogens is 252 g/mol. The molecule has 0 aliphatic carbocycles. The van der Waals surface area contributed by atoms with Gasteiger partial charge in [0.25, 0.3) is 0 Å². The molecule has 0 spiro atoms. The third kappa shape index (κ3) is 3.85. The molecule has 5 nitrogen and oxygen atoms in total. The Labute approximate surface area is 119 Å². The van der Waals surface area contributed by atoms with E-state index in [0.717, 1.165) is 23.8 Å². The molecule has 0 amide bonds. The van der Waals surface area contributed by atoms with Crippen LogP contribution in [0.25, 0.3) is 0 Å². The highest BCUT2D eigenvalue weighted by Crippen LogP contribution is 2.25. The predicted molar refractivity (Wildman–Crippen MR) is 81.6 cm³/mol. The summed E-state index contributed by atoms with van der Waals surface area (Å²) in [5.41, 5.74) is 0.844. The summed E-state index contributed by atoms with van der Waals surface area (Å²) in [7, 11) is 1.64. The van der Waals surface area contributed by atoms with E-state index in [2.05, 4.69) is 34.4 Å². The molecule has 0 bridgehead atoms. The van der Waals surface area contributed by atoms with E-state index in [1.165, 1.54) is 0 Å². The van der Waals surface area contributed by atoms with Crippen molar-refractivity contribution < 1.29 is 4.74 Å². The summed E-state index contributed by atoms with van der Waals surface area (Å²) >= 11 is 0. The van der Waals surface area contributed by atoms with Crippen LogP contribution < -0.4 is 15.4 Å². The third-order valence-electron chi connectivity index (χ3n) is 2.70. The van der Waals surface area contributed by atoms with E-state index in [-0.39, 0.29) is 0 Å². The van der Waals surface area contributed by atoms with Crippen molar-refractivity contribution in [2.75, 3.05) is 24.3 Å². The molecule has 1 aromatic carbocycles. The fraction of sp³-hybridized carbons (Fsp3) is 0.333. The zero-order valence-corrected chi connectivity index (χ0v) is 12.1. The summed E-state index contributed by atoms with van der Waals surface area (Å²) in [5, 5.41) is 6.44. The number of rotatable bonds is 6. The molecule has 0 fully saturated rings. The minimum Gasteiger partial charge on any atom is -0.495 e. The molecule has 106 valence electrons. The lowest BCUT2D eigenvalue weighted by atomic mass is 10.2. The number of aromatic nitrogens is 2. The first kappa shape index (κ1) is 14.1. The Bertz CT molecular complexity index is 557. The van der Waals surface area contributed by atoms with Crippen LogP contribution in [-0.4, -0.2) is 23.6 Å². The quantitative estimate of drug-likeness (QED) is 0.845. The van der Waals surface area contributed by atoms with Gasteiger partial charge < -0.3 is 15.4 Å². The Morgan fingerprint density at radius 1 is 1.20 bits per heavy atom. The molecule has 5 heteroatoms. The molecule has 0 aliphatic rings. The van der Waals surface area contributed by atoms with Gasteiger partial charge in [-0.2, -0.15) is 4.98 Å². The molecule has 0 radical (unpaired) electrons. The summed E-state index contributed by atoms with van der Waals surface area (Å²) in [6.45, 7) is 5.19. The van der Waals surface area contributed by atoms with Crippen LogP contribution in [-0.2, 0) is 0 Å². The fourth-order valence-electron chi connectivity index (χ4n) is 1.69. The van der Waals surface area contributed by atoms with Crippen LogP contribution >= 0.6 is 0 Å². The van der Waals surface area contributed by atoms with Gasteiger partial charge in [-0.05, 0) is 24.1 Å². The summed E-state index contributed by atoms with van der Waals surface area (Å²) in [6, 6.07) is 9.53. The fourth-order valence-corrected chi connectivity index (χ4v) is 1.69. The van der Waals surface area contributed by atoms with Crippen LogP contribution in [0.4, 0.5) is 17.5 Å². The van der Waals surface area contributed by atoms with E-state index in [9.17, 15) is 0 Å². The van der Waals surface area contributed by atoms with Crippen molar-refractivity contribution in [2.24, 2.45) is 5.92 Å². The van der Waals surface area contributed by atoms with Crippen LogP contribution in [0.2, 0.25) is 0 Å². The van der Waals surface area contributed by atoms with Crippen LogP contribution in [0.1, 0.15) is 13.8 Å². The molecule has 2 N–H and O–H groups in total. The molecule has 1 heterocycles. The Balaban J connectivity index is 2.11. The van der Waals surface area contributed by atoms with Gasteiger partial charge in [-0.25, -0.2) is 4.98 Å². The van der Waals surface area contributed by atoms with E-state index in [1.54, 1.807) is 13.3 Å². The monoisotopic (exact) mass is 272 g/mol. The van der Waals surface area contributed by atoms with Gasteiger partial charge in [0.15, 0.2) is 0 Å². The van der Waals surface area contributed by atoms with E-state index in [1.807, 2.05) is 30.3 Å². The number of anilines is 3. The number of nitrogens with zero attached hydrogens (tertiary/aromatic N) is 2. The van der Waals surface area contributed by atoms with Crippen LogP contribution in [0.5, 0.6) is 5.75 Å². The zero-order valence-electron chi connectivity index (χ0n) is 12.1. The maximum atomic E-state index is 5.29. The van der Waals surface area contributed by atoms with Gasteiger partial charge >= 0.3 is 0 Å². The summed E-state index contributed by atoms with van der Waals surface area (Å²) in [6.07, 6.45) is 1.73. The van der Waals surface area contributed by atoms with E-state index in [4.69, 9.17) is 4.74 Å². The molecule has 0 atom stereocenters. The first-order chi connectivity index (χ1) is 9.69. The number of hydrogen-bond donors (Lipinski definition) is 2. The van der Waals surface area contributed by atoms with Crippen molar-refractivity contribution in [1.82, 2.24) is 9.97 Å². The third-order valence-corrected chi connectivity index (χ3v) is 2.70. The highest BCUT2D eigenvalue weighted by molar-refractivity contribution is 5.62. The Hall–Kier alpha value is -2.30. The average Bonchev–Trinajstić information content (AvgIpc) is 2.46. The van der Waals surface area contributed by atoms with Gasteiger partial charge in [-0.15, -0.1) is 0 Å². The topological polar surface area (TPSA) is 59.1 Å². The standard InChI is InChI=1S/C15H20N4O/c1-11(2)10-17-14-8-9-16-15(19-14)18-12-6-4-5-7-13(12)20-3/h4-9,11H,10H2,1-3H3,(H2,16,17,18,19). The number of hydrogen-bond acceptors (Lipinski definition) is 5. The van der Waals surface area contributed by atoms with Gasteiger partial charge in [0, 0.05) is 12.7 Å². The van der Waals surface area contributed by atoms with Gasteiger partial charge in [0.05, 0.1) is 12.8 Å². The molecule has 20 heavy (non-hydrogen) atoms. The molecule has 2 aromatic rings. The molecule has 0 unspecified atom stereocenters. The second-order valence-electron chi connectivity index (χ2n) is 4.87. The Kier molecular flexibility index (Phi) is 4.76. The molecule has 0 aliphatic heterocycles.